The summed E-state index contributed by atoms with van der Waals surface area (Å²) < 4.78 is 13.3. The number of thioether (sulfide) groups is 1. The Morgan fingerprint density at radius 1 is 1.18 bits per heavy atom. The van der Waals surface area contributed by atoms with Crippen molar-refractivity contribution < 1.29 is 4.39 Å². The van der Waals surface area contributed by atoms with E-state index < -0.39 is 0 Å². The van der Waals surface area contributed by atoms with Gasteiger partial charge in [0.05, 0.1) is 0 Å². The molecule has 0 unspecified atom stereocenters. The van der Waals surface area contributed by atoms with Crippen molar-refractivity contribution in [3.63, 3.8) is 0 Å². The first kappa shape index (κ1) is 14.5. The molecule has 0 aliphatic heterocycles. The molecule has 1 aromatic rings. The van der Waals surface area contributed by atoms with Crippen molar-refractivity contribution in [1.29, 1.82) is 0 Å². The van der Waals surface area contributed by atoms with Crippen molar-refractivity contribution >= 4 is 11.8 Å². The lowest BCUT2D eigenvalue weighted by molar-refractivity contribution is 0.369. The molecule has 0 heterocycles. The summed E-state index contributed by atoms with van der Waals surface area (Å²) in [5.41, 5.74) is 0.381. The van der Waals surface area contributed by atoms with Crippen LogP contribution in [0.3, 0.4) is 0 Å². The van der Waals surface area contributed by atoms with Gasteiger partial charge in [0.25, 0.3) is 0 Å². The predicted molar refractivity (Wildman–Crippen MR) is 74.1 cm³/mol. The van der Waals surface area contributed by atoms with E-state index in [2.05, 4.69) is 26.1 Å². The first-order chi connectivity index (χ1) is 7.99. The minimum Gasteiger partial charge on any atom is -0.316 e. The second kappa shape index (κ2) is 7.02. The maximum absolute atomic E-state index is 13.3. The second-order valence-corrected chi connectivity index (χ2v) is 6.48. The number of nitrogens with one attached hydrogen (secondary N) is 1. The third-order valence-corrected chi connectivity index (χ3v) is 3.48. The third-order valence-electron chi connectivity index (χ3n) is 2.42. The van der Waals surface area contributed by atoms with Gasteiger partial charge in [-0.15, -0.1) is 11.8 Å². The Kier molecular flexibility index (Phi) is 6.00. The van der Waals surface area contributed by atoms with Crippen LogP contribution in [0.4, 0.5) is 4.39 Å². The average molecular weight is 255 g/mol. The van der Waals surface area contributed by atoms with Crippen LogP contribution < -0.4 is 5.32 Å². The number of halogens is 1. The Morgan fingerprint density at radius 3 is 2.53 bits per heavy atom. The van der Waals surface area contributed by atoms with Crippen LogP contribution in [0.15, 0.2) is 29.2 Å². The van der Waals surface area contributed by atoms with E-state index in [1.807, 2.05) is 12.1 Å². The molecule has 0 aliphatic rings. The van der Waals surface area contributed by atoms with Crippen LogP contribution in [0.1, 0.15) is 27.2 Å². The van der Waals surface area contributed by atoms with Crippen LogP contribution in [0, 0.1) is 11.2 Å². The molecule has 0 atom stereocenters. The summed E-state index contributed by atoms with van der Waals surface area (Å²) in [6, 6.07) is 6.93. The van der Waals surface area contributed by atoms with Gasteiger partial charge in [-0.1, -0.05) is 32.9 Å². The molecule has 1 N–H and O–H groups in total. The molecule has 0 saturated carbocycles. The van der Waals surface area contributed by atoms with E-state index in [-0.39, 0.29) is 5.82 Å². The summed E-state index contributed by atoms with van der Waals surface area (Å²) in [5, 5.41) is 3.39. The van der Waals surface area contributed by atoms with Crippen LogP contribution in [0.25, 0.3) is 0 Å². The van der Waals surface area contributed by atoms with Gasteiger partial charge in [-0.2, -0.15) is 0 Å². The van der Waals surface area contributed by atoms with Gasteiger partial charge in [-0.05, 0) is 30.5 Å². The molecule has 0 saturated heterocycles. The molecule has 1 aromatic carbocycles. The Labute approximate surface area is 108 Å². The summed E-state index contributed by atoms with van der Waals surface area (Å²) in [7, 11) is 0. The van der Waals surface area contributed by atoms with Gasteiger partial charge in [0.1, 0.15) is 5.82 Å². The summed E-state index contributed by atoms with van der Waals surface area (Å²) >= 11 is 1.57. The van der Waals surface area contributed by atoms with Gasteiger partial charge >= 0.3 is 0 Å². The van der Waals surface area contributed by atoms with E-state index in [0.717, 1.165) is 30.2 Å². The zero-order valence-corrected chi connectivity index (χ0v) is 11.7. The predicted octanol–water partition coefficient (Wildman–Crippen LogP) is 3.94. The average Bonchev–Trinajstić information content (AvgIpc) is 2.24. The second-order valence-electron chi connectivity index (χ2n) is 5.34. The van der Waals surface area contributed by atoms with E-state index in [9.17, 15) is 4.39 Å². The van der Waals surface area contributed by atoms with Crippen LogP contribution in [-0.4, -0.2) is 18.8 Å². The maximum Gasteiger partial charge on any atom is 0.136 e. The lowest BCUT2D eigenvalue weighted by Gasteiger charge is -2.17. The molecule has 0 aromatic heterocycles. The first-order valence-electron chi connectivity index (χ1n) is 6.07. The monoisotopic (exact) mass is 255 g/mol. The molecule has 0 fully saturated rings. The molecule has 0 amide bonds. The van der Waals surface area contributed by atoms with Crippen LogP contribution in [-0.2, 0) is 0 Å². The van der Waals surface area contributed by atoms with E-state index in [1.54, 1.807) is 17.8 Å². The highest BCUT2D eigenvalue weighted by atomic mass is 32.2. The molecule has 3 heteroatoms. The SMILES string of the molecule is CC(C)(C)CCNCCSc1ccccc1F. The fraction of sp³-hybridized carbons (Fsp3) is 0.571. The maximum atomic E-state index is 13.3. The highest BCUT2D eigenvalue weighted by Gasteiger charge is 2.08. The fourth-order valence-electron chi connectivity index (χ4n) is 1.38. The highest BCUT2D eigenvalue weighted by molar-refractivity contribution is 7.99. The standard InChI is InChI=1S/C14H22FNS/c1-14(2,3)8-9-16-10-11-17-13-7-5-4-6-12(13)15/h4-7,16H,8-11H2,1-3H3. The zero-order valence-electron chi connectivity index (χ0n) is 10.9. The van der Waals surface area contributed by atoms with Crippen LogP contribution in [0.2, 0.25) is 0 Å². The lowest BCUT2D eigenvalue weighted by Crippen LogP contribution is -2.22. The molecule has 0 bridgehead atoms. The van der Waals surface area contributed by atoms with E-state index in [0.29, 0.717) is 5.41 Å². The normalized spacial score (nSPS) is 11.8. The van der Waals surface area contributed by atoms with Crippen molar-refractivity contribution in [2.75, 3.05) is 18.8 Å². The number of hydrogen-bond donors (Lipinski definition) is 1. The van der Waals surface area contributed by atoms with Crippen molar-refractivity contribution in [1.82, 2.24) is 5.32 Å². The molecule has 0 radical (unpaired) electrons. The molecular weight excluding hydrogens is 233 g/mol. The van der Waals surface area contributed by atoms with Gasteiger partial charge in [-0.25, -0.2) is 4.39 Å². The quantitative estimate of drug-likeness (QED) is 0.610. The molecule has 96 valence electrons. The largest absolute Gasteiger partial charge is 0.316 e. The molecule has 17 heavy (non-hydrogen) atoms. The number of hydrogen-bond acceptors (Lipinski definition) is 2. The summed E-state index contributed by atoms with van der Waals surface area (Å²) in [6.45, 7) is 8.67. The molecule has 0 spiro atoms. The van der Waals surface area contributed by atoms with Crippen molar-refractivity contribution in [2.24, 2.45) is 5.41 Å². The van der Waals surface area contributed by atoms with Crippen LogP contribution in [0.5, 0.6) is 0 Å². The Morgan fingerprint density at radius 2 is 1.88 bits per heavy atom. The lowest BCUT2D eigenvalue weighted by atomic mass is 9.92. The smallest absolute Gasteiger partial charge is 0.136 e. The van der Waals surface area contributed by atoms with E-state index >= 15 is 0 Å². The van der Waals surface area contributed by atoms with Gasteiger partial charge in [0, 0.05) is 17.2 Å². The Balaban J connectivity index is 2.11. The van der Waals surface area contributed by atoms with Gasteiger partial charge in [0.15, 0.2) is 0 Å². The molecular formula is C14H22FNS. The first-order valence-corrected chi connectivity index (χ1v) is 7.06. The number of rotatable bonds is 6. The third kappa shape index (κ3) is 6.69. The summed E-state index contributed by atoms with van der Waals surface area (Å²) in [6.07, 6.45) is 1.16. The van der Waals surface area contributed by atoms with Crippen molar-refractivity contribution in [3.05, 3.63) is 30.1 Å². The highest BCUT2D eigenvalue weighted by Crippen LogP contribution is 2.20. The summed E-state index contributed by atoms with van der Waals surface area (Å²) in [5.74, 6) is 0.789. The van der Waals surface area contributed by atoms with Gasteiger partial charge in [-0.3, -0.25) is 0 Å². The zero-order chi connectivity index (χ0) is 12.7. The number of benzene rings is 1. The Hall–Kier alpha value is -0.540. The minimum absolute atomic E-state index is 0.118. The van der Waals surface area contributed by atoms with E-state index in [4.69, 9.17) is 0 Å². The van der Waals surface area contributed by atoms with Crippen LogP contribution >= 0.6 is 11.8 Å². The fourth-order valence-corrected chi connectivity index (χ4v) is 2.23. The van der Waals surface area contributed by atoms with E-state index in [1.165, 1.54) is 6.07 Å². The molecule has 1 nitrogen and oxygen atoms in total. The van der Waals surface area contributed by atoms with Crippen molar-refractivity contribution in [3.8, 4) is 0 Å². The van der Waals surface area contributed by atoms with Gasteiger partial charge < -0.3 is 5.32 Å². The van der Waals surface area contributed by atoms with Gasteiger partial charge in [0.2, 0.25) is 0 Å². The molecule has 1 rings (SSSR count). The summed E-state index contributed by atoms with van der Waals surface area (Å²) in [4.78, 5) is 0.741. The molecule has 0 aliphatic carbocycles. The minimum atomic E-state index is -0.118. The Bertz CT molecular complexity index is 333. The van der Waals surface area contributed by atoms with Crippen molar-refractivity contribution in [2.45, 2.75) is 32.1 Å². The topological polar surface area (TPSA) is 12.0 Å².